The summed E-state index contributed by atoms with van der Waals surface area (Å²) < 4.78 is 101. The van der Waals surface area contributed by atoms with E-state index in [0.717, 1.165) is 32.1 Å². The van der Waals surface area contributed by atoms with Crippen LogP contribution in [0.3, 0.4) is 0 Å². The van der Waals surface area contributed by atoms with Crippen molar-refractivity contribution in [2.24, 2.45) is 23.7 Å². The molecule has 0 aromatic heterocycles. The first-order chi connectivity index (χ1) is 20.1. The molecule has 2 aromatic carbocycles. The minimum absolute atomic E-state index is 0.109. The predicted molar refractivity (Wildman–Crippen MR) is 146 cm³/mol. The summed E-state index contributed by atoms with van der Waals surface area (Å²) >= 11 is 0. The molecule has 0 radical (unpaired) electrons. The molecular weight excluding hydrogens is 558 g/mol. The minimum atomic E-state index is -3.62. The molecule has 0 spiro atoms. The van der Waals surface area contributed by atoms with E-state index in [1.54, 1.807) is 0 Å². The summed E-state index contributed by atoms with van der Waals surface area (Å²) in [6.45, 7) is 3.15. The number of ether oxygens (including phenoxy) is 3. The molecule has 1 aliphatic heterocycles. The molecule has 3 fully saturated rings. The number of hydrogen-bond donors (Lipinski definition) is 0. The molecular formula is C33H38F6O3. The van der Waals surface area contributed by atoms with Crippen molar-refractivity contribution in [1.82, 2.24) is 0 Å². The second-order valence-electron chi connectivity index (χ2n) is 12.0. The van der Waals surface area contributed by atoms with Gasteiger partial charge in [0.1, 0.15) is 11.6 Å². The molecule has 230 valence electrons. The van der Waals surface area contributed by atoms with Crippen molar-refractivity contribution in [3.05, 3.63) is 76.9 Å². The van der Waals surface area contributed by atoms with E-state index in [1.807, 2.05) is 12.1 Å². The maximum Gasteiger partial charge on any atom is 0.400 e. The van der Waals surface area contributed by atoms with Crippen LogP contribution in [0.5, 0.6) is 5.75 Å². The highest BCUT2D eigenvalue weighted by molar-refractivity contribution is 5.29. The van der Waals surface area contributed by atoms with Gasteiger partial charge in [-0.3, -0.25) is 0 Å². The van der Waals surface area contributed by atoms with Crippen LogP contribution in [-0.2, 0) is 9.47 Å². The van der Waals surface area contributed by atoms with Crippen molar-refractivity contribution in [2.75, 3.05) is 13.2 Å². The predicted octanol–water partition coefficient (Wildman–Crippen LogP) is 9.62. The van der Waals surface area contributed by atoms with E-state index in [-0.39, 0.29) is 30.5 Å². The molecule has 0 bridgehead atoms. The zero-order valence-electron chi connectivity index (χ0n) is 23.8. The van der Waals surface area contributed by atoms with E-state index < -0.39 is 41.5 Å². The van der Waals surface area contributed by atoms with Crippen LogP contribution in [0.25, 0.3) is 0 Å². The molecule has 5 rings (SSSR count). The summed E-state index contributed by atoms with van der Waals surface area (Å²) in [6, 6.07) is 6.12. The van der Waals surface area contributed by atoms with Crippen molar-refractivity contribution in [3.8, 4) is 5.75 Å². The van der Waals surface area contributed by atoms with E-state index in [1.165, 1.54) is 6.07 Å². The van der Waals surface area contributed by atoms with Gasteiger partial charge in [-0.15, -0.1) is 0 Å². The van der Waals surface area contributed by atoms with E-state index in [2.05, 4.69) is 23.8 Å². The van der Waals surface area contributed by atoms with E-state index in [4.69, 9.17) is 9.47 Å². The zero-order valence-corrected chi connectivity index (χ0v) is 23.8. The van der Waals surface area contributed by atoms with Gasteiger partial charge in [0, 0.05) is 23.6 Å². The molecule has 0 N–H and O–H groups in total. The lowest BCUT2D eigenvalue weighted by atomic mass is 9.68. The lowest BCUT2D eigenvalue weighted by Gasteiger charge is -2.39. The van der Waals surface area contributed by atoms with Gasteiger partial charge < -0.3 is 14.2 Å². The molecule has 2 aromatic rings. The van der Waals surface area contributed by atoms with Gasteiger partial charge in [-0.05, 0) is 87.2 Å². The Bertz CT molecular complexity index is 1200. The minimum Gasteiger partial charge on any atom is -0.432 e. The summed E-state index contributed by atoms with van der Waals surface area (Å²) in [7, 11) is 0. The second-order valence-corrected chi connectivity index (χ2v) is 12.0. The molecule has 0 unspecified atom stereocenters. The molecule has 2 aliphatic carbocycles. The maximum absolute atomic E-state index is 15.2. The number of halogens is 6. The van der Waals surface area contributed by atoms with Gasteiger partial charge in [-0.1, -0.05) is 31.2 Å². The topological polar surface area (TPSA) is 27.7 Å². The first kappa shape index (κ1) is 30.9. The van der Waals surface area contributed by atoms with Gasteiger partial charge in [0.15, 0.2) is 23.7 Å². The lowest BCUT2D eigenvalue weighted by Crippen LogP contribution is -2.38. The molecule has 1 heterocycles. The summed E-state index contributed by atoms with van der Waals surface area (Å²) in [5.74, 6) is -5.95. The maximum atomic E-state index is 15.2. The van der Waals surface area contributed by atoms with Crippen molar-refractivity contribution in [3.63, 3.8) is 0 Å². The Kier molecular flexibility index (Phi) is 9.88. The first-order valence-electron chi connectivity index (χ1n) is 15.0. The average Bonchev–Trinajstić information content (AvgIpc) is 2.99. The van der Waals surface area contributed by atoms with Gasteiger partial charge in [0.25, 0.3) is 0 Å². The third-order valence-corrected chi connectivity index (χ3v) is 9.20. The average molecular weight is 597 g/mol. The summed E-state index contributed by atoms with van der Waals surface area (Å²) in [4.78, 5) is 0. The lowest BCUT2D eigenvalue weighted by molar-refractivity contribution is -0.224. The quantitative estimate of drug-likeness (QED) is 0.173. The second kappa shape index (κ2) is 13.4. The Balaban J connectivity index is 1.09. The fraction of sp³-hybridized carbons (Fsp3) is 0.576. The van der Waals surface area contributed by atoms with E-state index in [9.17, 15) is 22.0 Å². The Hall–Kier alpha value is -2.52. The van der Waals surface area contributed by atoms with Gasteiger partial charge in [0.05, 0.1) is 19.1 Å². The summed E-state index contributed by atoms with van der Waals surface area (Å²) in [5.41, 5.74) is 1.38. The van der Waals surface area contributed by atoms with E-state index >= 15 is 4.39 Å². The number of hydrogen-bond acceptors (Lipinski definition) is 3. The standard InChI is InChI=1S/C33H38F6O3/c1-2-3-4-20-18-40-32(41-19-20)24-11-14-27(28(34)15-24)23-7-5-21(6-8-23)22-9-12-25(13-10-22)33(38,39)42-26-16-29(35)31(37)30(36)17-26/h3-4,11,14-17,20-23,25,32H,2,5-10,12-13,18-19H2,1H3. The van der Waals surface area contributed by atoms with Crippen molar-refractivity contribution >= 4 is 0 Å². The Morgan fingerprint density at radius 3 is 1.98 bits per heavy atom. The summed E-state index contributed by atoms with van der Waals surface area (Å²) in [6.07, 6.45) is 6.09. The van der Waals surface area contributed by atoms with Crippen LogP contribution in [-0.4, -0.2) is 19.3 Å². The first-order valence-corrected chi connectivity index (χ1v) is 15.0. The third kappa shape index (κ3) is 7.16. The molecule has 2 saturated carbocycles. The largest absolute Gasteiger partial charge is 0.432 e. The van der Waals surface area contributed by atoms with Crippen LogP contribution in [0.1, 0.15) is 88.0 Å². The molecule has 42 heavy (non-hydrogen) atoms. The summed E-state index contributed by atoms with van der Waals surface area (Å²) in [5, 5.41) is 0. The van der Waals surface area contributed by atoms with Crippen molar-refractivity contribution in [1.29, 1.82) is 0 Å². The number of rotatable bonds is 8. The van der Waals surface area contributed by atoms with Gasteiger partial charge in [-0.2, -0.15) is 8.78 Å². The number of alkyl halides is 2. The van der Waals surface area contributed by atoms with Gasteiger partial charge in [0.2, 0.25) is 0 Å². The molecule has 9 heteroatoms. The van der Waals surface area contributed by atoms with Crippen LogP contribution in [0, 0.1) is 46.9 Å². The van der Waals surface area contributed by atoms with Crippen LogP contribution >= 0.6 is 0 Å². The Morgan fingerprint density at radius 2 is 1.40 bits per heavy atom. The van der Waals surface area contributed by atoms with Crippen LogP contribution in [0.4, 0.5) is 26.3 Å². The number of allylic oxidation sites excluding steroid dienone is 1. The fourth-order valence-corrected chi connectivity index (χ4v) is 6.83. The zero-order chi connectivity index (χ0) is 29.9. The monoisotopic (exact) mass is 596 g/mol. The van der Waals surface area contributed by atoms with Crippen molar-refractivity contribution in [2.45, 2.75) is 83.0 Å². The highest BCUT2D eigenvalue weighted by Crippen LogP contribution is 2.47. The van der Waals surface area contributed by atoms with Gasteiger partial charge >= 0.3 is 6.11 Å². The smallest absolute Gasteiger partial charge is 0.400 e. The normalized spacial score (nSPS) is 29.1. The van der Waals surface area contributed by atoms with Crippen LogP contribution < -0.4 is 4.74 Å². The SMILES string of the molecule is CCC=CC1COC(c2ccc(C3CCC(C4CCC(C(F)(F)Oc5cc(F)c(F)c(F)c5)CC4)CC3)c(F)c2)OC1. The molecule has 0 atom stereocenters. The number of benzene rings is 2. The molecule has 0 amide bonds. The Morgan fingerprint density at radius 1 is 0.810 bits per heavy atom. The molecule has 1 saturated heterocycles. The highest BCUT2D eigenvalue weighted by atomic mass is 19.3. The van der Waals surface area contributed by atoms with Crippen molar-refractivity contribution < 1.29 is 40.6 Å². The van der Waals surface area contributed by atoms with Gasteiger partial charge in [-0.25, -0.2) is 17.6 Å². The van der Waals surface area contributed by atoms with E-state index in [0.29, 0.717) is 61.2 Å². The fourth-order valence-electron chi connectivity index (χ4n) is 6.83. The molecule has 3 nitrogen and oxygen atoms in total. The van der Waals surface area contributed by atoms with Crippen LogP contribution in [0.15, 0.2) is 42.5 Å². The highest BCUT2D eigenvalue weighted by Gasteiger charge is 2.45. The third-order valence-electron chi connectivity index (χ3n) is 9.20. The van der Waals surface area contributed by atoms with Crippen LogP contribution in [0.2, 0.25) is 0 Å². The molecule has 3 aliphatic rings. The Labute approximate surface area is 243 Å².